The van der Waals surface area contributed by atoms with Gasteiger partial charge in [0.1, 0.15) is 0 Å². The van der Waals surface area contributed by atoms with Crippen LogP contribution in [-0.4, -0.2) is 34.5 Å². The number of aliphatic imine (C=N–C) groups is 1. The van der Waals surface area contributed by atoms with Crippen LogP contribution < -0.4 is 0 Å². The molecule has 0 aliphatic rings. The topological polar surface area (TPSA) is 30.8 Å². The van der Waals surface area contributed by atoms with Gasteiger partial charge in [0.05, 0.1) is 5.16 Å². The van der Waals surface area contributed by atoms with Crippen LogP contribution >= 0.6 is 12.2 Å². The summed E-state index contributed by atoms with van der Waals surface area (Å²) in [5, 5.41) is 2.39. The van der Waals surface area contributed by atoms with Gasteiger partial charge in [-0.15, -0.1) is 0 Å². The molecule has 0 saturated carbocycles. The van der Waals surface area contributed by atoms with Crippen LogP contribution in [0.5, 0.6) is 0 Å². The second kappa shape index (κ2) is 11.1. The highest BCUT2D eigenvalue weighted by atomic mass is 32.1. The quantitative estimate of drug-likeness (QED) is 0.249. The first-order valence-electron chi connectivity index (χ1n) is 6.32. The van der Waals surface area contributed by atoms with Crippen molar-refractivity contribution in [2.45, 2.75) is 51.1 Å². The van der Waals surface area contributed by atoms with Gasteiger partial charge >= 0.3 is 8.56 Å². The number of nitrogens with zero attached hydrogens (tertiary/aromatic N) is 1. The summed E-state index contributed by atoms with van der Waals surface area (Å²) in [6.45, 7) is 2.96. The fourth-order valence-corrected chi connectivity index (χ4v) is 3.24. The van der Waals surface area contributed by atoms with Gasteiger partial charge in [-0.05, 0) is 31.2 Å². The van der Waals surface area contributed by atoms with E-state index in [0.717, 1.165) is 19.0 Å². The highest BCUT2D eigenvalue weighted by Crippen LogP contribution is 2.17. The molecule has 0 radical (unpaired) electrons. The molecule has 0 aromatic rings. The van der Waals surface area contributed by atoms with E-state index in [4.69, 9.17) is 8.85 Å². The molecule has 100 valence electrons. The first-order chi connectivity index (χ1) is 8.18. The van der Waals surface area contributed by atoms with Gasteiger partial charge in [-0.25, -0.2) is 4.99 Å². The Morgan fingerprint density at radius 3 is 2.06 bits per heavy atom. The third-order valence-corrected chi connectivity index (χ3v) is 6.20. The molecule has 0 unspecified atom stereocenters. The van der Waals surface area contributed by atoms with Crippen molar-refractivity contribution in [3.63, 3.8) is 0 Å². The molecule has 0 bridgehead atoms. The number of rotatable bonds is 11. The molecule has 0 aliphatic heterocycles. The minimum atomic E-state index is -1.82. The second-order valence-electron chi connectivity index (χ2n) is 4.39. The molecule has 0 N–H and O–H groups in total. The summed E-state index contributed by atoms with van der Waals surface area (Å²) in [5.41, 5.74) is 0. The highest BCUT2D eigenvalue weighted by molar-refractivity contribution is 7.78. The summed E-state index contributed by atoms with van der Waals surface area (Å²) in [5.74, 6) is 0. The van der Waals surface area contributed by atoms with E-state index < -0.39 is 8.56 Å². The minimum Gasteiger partial charge on any atom is -0.398 e. The van der Waals surface area contributed by atoms with Gasteiger partial charge < -0.3 is 8.85 Å². The van der Waals surface area contributed by atoms with Crippen LogP contribution in [0.1, 0.15) is 38.5 Å². The summed E-state index contributed by atoms with van der Waals surface area (Å²) in [6.07, 6.45) is 7.43. The summed E-state index contributed by atoms with van der Waals surface area (Å²) in [7, 11) is 1.69. The Morgan fingerprint density at radius 1 is 1.00 bits per heavy atom. The zero-order chi connectivity index (χ0) is 13.0. The van der Waals surface area contributed by atoms with Gasteiger partial charge in [0.15, 0.2) is 0 Å². The van der Waals surface area contributed by atoms with Gasteiger partial charge in [0, 0.05) is 20.8 Å². The molecule has 3 nitrogen and oxygen atoms in total. The summed E-state index contributed by atoms with van der Waals surface area (Å²) >= 11 is 4.51. The Morgan fingerprint density at radius 2 is 1.53 bits per heavy atom. The Labute approximate surface area is 112 Å². The Balaban J connectivity index is 3.31. The van der Waals surface area contributed by atoms with Crippen LogP contribution in [0.3, 0.4) is 0 Å². The molecule has 0 atom stereocenters. The van der Waals surface area contributed by atoms with Crippen molar-refractivity contribution >= 4 is 25.9 Å². The third-order valence-electron chi connectivity index (χ3n) is 3.08. The zero-order valence-electron chi connectivity index (χ0n) is 11.3. The van der Waals surface area contributed by atoms with Gasteiger partial charge in [-0.3, -0.25) is 0 Å². The van der Waals surface area contributed by atoms with Gasteiger partial charge in [0.25, 0.3) is 0 Å². The molecule has 0 saturated heterocycles. The predicted octanol–water partition coefficient (Wildman–Crippen LogP) is 3.79. The van der Waals surface area contributed by atoms with E-state index in [1.165, 1.54) is 32.1 Å². The largest absolute Gasteiger partial charge is 0.398 e. The van der Waals surface area contributed by atoms with Crippen LogP contribution in [-0.2, 0) is 8.85 Å². The van der Waals surface area contributed by atoms with E-state index in [9.17, 15) is 0 Å². The lowest BCUT2D eigenvalue weighted by atomic mass is 10.1. The second-order valence-corrected chi connectivity index (χ2v) is 8.15. The Kier molecular flexibility index (Phi) is 11.0. The smallest absolute Gasteiger partial charge is 0.334 e. The van der Waals surface area contributed by atoms with Crippen LogP contribution in [0, 0.1) is 0 Å². The Bertz CT molecular complexity index is 229. The molecule has 0 spiro atoms. The predicted molar refractivity (Wildman–Crippen MR) is 78.0 cm³/mol. The van der Waals surface area contributed by atoms with Gasteiger partial charge in [-0.2, -0.15) is 0 Å². The molecule has 0 fully saturated rings. The molecular weight excluding hydrogens is 250 g/mol. The van der Waals surface area contributed by atoms with Gasteiger partial charge in [0.2, 0.25) is 0 Å². The SMILES string of the molecule is CO[Si](C)(CCCCCCCCN=C=S)OC. The van der Waals surface area contributed by atoms with E-state index in [2.05, 4.69) is 28.9 Å². The van der Waals surface area contributed by atoms with E-state index in [0.29, 0.717) is 0 Å². The molecule has 0 aromatic heterocycles. The molecule has 0 heterocycles. The summed E-state index contributed by atoms with van der Waals surface area (Å²) < 4.78 is 10.9. The van der Waals surface area contributed by atoms with Crippen molar-refractivity contribution in [3.05, 3.63) is 0 Å². The molecule has 0 aromatic carbocycles. The Hall–Kier alpha value is -0.0631. The van der Waals surface area contributed by atoms with Crippen molar-refractivity contribution in [1.82, 2.24) is 0 Å². The fourth-order valence-electron chi connectivity index (χ4n) is 1.68. The normalized spacial score (nSPS) is 11.2. The maximum atomic E-state index is 5.45. The average Bonchev–Trinajstić information content (AvgIpc) is 2.36. The number of thiocarbonyl (C=S) groups is 1. The van der Waals surface area contributed by atoms with Crippen molar-refractivity contribution in [2.75, 3.05) is 20.8 Å². The van der Waals surface area contributed by atoms with Crippen LogP contribution in [0.15, 0.2) is 4.99 Å². The first-order valence-corrected chi connectivity index (χ1v) is 9.25. The van der Waals surface area contributed by atoms with E-state index in [1.807, 2.05) is 0 Å². The fraction of sp³-hybridized carbons (Fsp3) is 0.917. The minimum absolute atomic E-state index is 0.835. The molecular formula is C12H25NO2SSi. The maximum Gasteiger partial charge on any atom is 0.334 e. The number of hydrogen-bond acceptors (Lipinski definition) is 4. The monoisotopic (exact) mass is 275 g/mol. The number of hydrogen-bond donors (Lipinski definition) is 0. The number of unbranched alkanes of at least 4 members (excludes halogenated alkanes) is 5. The molecule has 0 aliphatic carbocycles. The van der Waals surface area contributed by atoms with Crippen molar-refractivity contribution in [2.24, 2.45) is 4.99 Å². The number of isothiocyanates is 1. The average molecular weight is 275 g/mol. The van der Waals surface area contributed by atoms with Crippen LogP contribution in [0.2, 0.25) is 12.6 Å². The molecule has 0 rings (SSSR count). The van der Waals surface area contributed by atoms with Gasteiger partial charge in [-0.1, -0.05) is 32.1 Å². The van der Waals surface area contributed by atoms with E-state index >= 15 is 0 Å². The van der Waals surface area contributed by atoms with Crippen molar-refractivity contribution in [1.29, 1.82) is 0 Å². The molecule has 5 heteroatoms. The lowest BCUT2D eigenvalue weighted by molar-refractivity contribution is 0.248. The molecule has 17 heavy (non-hydrogen) atoms. The van der Waals surface area contributed by atoms with E-state index in [-0.39, 0.29) is 0 Å². The lowest BCUT2D eigenvalue weighted by Crippen LogP contribution is -2.35. The summed E-state index contributed by atoms with van der Waals surface area (Å²) in [6, 6.07) is 1.09. The highest BCUT2D eigenvalue weighted by Gasteiger charge is 2.27. The summed E-state index contributed by atoms with van der Waals surface area (Å²) in [4.78, 5) is 3.90. The van der Waals surface area contributed by atoms with Crippen LogP contribution in [0.4, 0.5) is 0 Å². The molecule has 0 amide bonds. The van der Waals surface area contributed by atoms with Crippen LogP contribution in [0.25, 0.3) is 0 Å². The van der Waals surface area contributed by atoms with Crippen molar-refractivity contribution < 1.29 is 8.85 Å². The van der Waals surface area contributed by atoms with E-state index in [1.54, 1.807) is 14.2 Å². The maximum absolute atomic E-state index is 5.45. The zero-order valence-corrected chi connectivity index (χ0v) is 13.1. The standard InChI is InChI=1S/C12H25NO2SSi/c1-14-17(3,15-2)11-9-7-5-4-6-8-10-13-12-16/h4-11H2,1-3H3. The lowest BCUT2D eigenvalue weighted by Gasteiger charge is -2.22. The third kappa shape index (κ3) is 9.62. The first kappa shape index (κ1) is 16.9. The van der Waals surface area contributed by atoms with Crippen molar-refractivity contribution in [3.8, 4) is 0 Å².